The smallest absolute Gasteiger partial charge is 0.306 e. The highest BCUT2D eigenvalue weighted by Gasteiger charge is 2.27. The monoisotopic (exact) mass is 1270 g/mol. The number of rotatable bonds is 72. The van der Waals surface area contributed by atoms with E-state index in [1.54, 1.807) is 0 Å². The molecule has 0 heterocycles. The summed E-state index contributed by atoms with van der Waals surface area (Å²) in [4.78, 5) is 40.3. The zero-order valence-electron chi connectivity index (χ0n) is 60.2. The molecule has 3 atom stereocenters. The van der Waals surface area contributed by atoms with Crippen molar-refractivity contribution in [2.24, 2.45) is 0 Å². The number of ether oxygens (including phenoxy) is 1. The van der Waals surface area contributed by atoms with Crippen LogP contribution in [-0.4, -0.2) is 69.4 Å². The Morgan fingerprint density at radius 3 is 1.04 bits per heavy atom. The average molecular weight is 1270 g/mol. The van der Waals surface area contributed by atoms with E-state index in [1.807, 2.05) is 33.3 Å². The summed E-state index contributed by atoms with van der Waals surface area (Å²) in [6.45, 7) is 6.88. The van der Waals surface area contributed by atoms with Crippen molar-refractivity contribution in [3.8, 4) is 0 Å². The lowest BCUT2D eigenvalue weighted by Gasteiger charge is -2.30. The summed E-state index contributed by atoms with van der Waals surface area (Å²) in [6.07, 6.45) is 88.2. The summed E-state index contributed by atoms with van der Waals surface area (Å²) in [7, 11) is 1.20. The van der Waals surface area contributed by atoms with Gasteiger partial charge in [-0.3, -0.25) is 14.2 Å². The number of carbonyl (C=O) groups is 2. The molecule has 0 radical (unpaired) electrons. The number of phosphoric ester groups is 1. The molecule has 9 nitrogen and oxygen atoms in total. The predicted molar refractivity (Wildman–Crippen MR) is 386 cm³/mol. The van der Waals surface area contributed by atoms with Gasteiger partial charge in [-0.05, 0) is 70.3 Å². The number of quaternary nitrogens is 1. The topological polar surface area (TPSA) is 114 Å². The van der Waals surface area contributed by atoms with Crippen LogP contribution >= 0.6 is 7.82 Å². The summed E-state index contributed by atoms with van der Waals surface area (Å²) in [6, 6.07) is -0.890. The number of likely N-dealkylation sites (N-methyl/N-ethyl adjacent to an activating group) is 1. The molecule has 0 saturated carbocycles. The van der Waals surface area contributed by atoms with Crippen LogP contribution in [-0.2, 0) is 27.9 Å². The largest absolute Gasteiger partial charge is 0.756 e. The molecular formula is C79H151N2O7P. The van der Waals surface area contributed by atoms with Crippen LogP contribution in [0.4, 0.5) is 0 Å². The van der Waals surface area contributed by atoms with Gasteiger partial charge in [0.15, 0.2) is 0 Å². The van der Waals surface area contributed by atoms with Gasteiger partial charge in [0.25, 0.3) is 7.82 Å². The fraction of sp³-hybridized carbons (Fsp3) is 0.873. The van der Waals surface area contributed by atoms with Gasteiger partial charge in [0.2, 0.25) is 5.91 Å². The zero-order valence-corrected chi connectivity index (χ0v) is 61.1. The molecule has 0 aliphatic carbocycles. The van der Waals surface area contributed by atoms with Crippen molar-refractivity contribution >= 4 is 19.7 Å². The van der Waals surface area contributed by atoms with Crippen LogP contribution in [0.1, 0.15) is 393 Å². The first-order valence-corrected chi connectivity index (χ1v) is 40.4. The number of nitrogens with one attached hydrogen (secondary N) is 1. The van der Waals surface area contributed by atoms with E-state index in [-0.39, 0.29) is 31.5 Å². The number of unbranched alkanes of at least 4 members (excludes halogenated alkanes) is 50. The van der Waals surface area contributed by atoms with Gasteiger partial charge in [-0.1, -0.05) is 359 Å². The fourth-order valence-corrected chi connectivity index (χ4v) is 12.5. The maximum absolute atomic E-state index is 13.6. The maximum Gasteiger partial charge on any atom is 0.306 e. The molecule has 0 aromatic carbocycles. The number of hydrogen-bond acceptors (Lipinski definition) is 7. The van der Waals surface area contributed by atoms with Gasteiger partial charge in [-0.15, -0.1) is 0 Å². The second-order valence-corrected chi connectivity index (χ2v) is 29.3. The molecular weight excluding hydrogens is 1120 g/mol. The van der Waals surface area contributed by atoms with Crippen molar-refractivity contribution in [1.82, 2.24) is 5.32 Å². The first kappa shape index (κ1) is 87.0. The molecule has 524 valence electrons. The minimum Gasteiger partial charge on any atom is -0.756 e. The molecule has 0 spiro atoms. The molecule has 10 heteroatoms. The Bertz CT molecular complexity index is 1660. The van der Waals surface area contributed by atoms with Gasteiger partial charge >= 0.3 is 5.97 Å². The number of phosphoric acid groups is 1. The Hall–Kier alpha value is -2.03. The van der Waals surface area contributed by atoms with Gasteiger partial charge in [-0.25, -0.2) is 0 Å². The highest BCUT2D eigenvalue weighted by atomic mass is 31.2. The Morgan fingerprint density at radius 1 is 0.393 bits per heavy atom. The van der Waals surface area contributed by atoms with Crippen LogP contribution < -0.4 is 10.2 Å². The lowest BCUT2D eigenvalue weighted by atomic mass is 10.0. The van der Waals surface area contributed by atoms with Crippen molar-refractivity contribution < 1.29 is 37.3 Å². The summed E-state index contributed by atoms with van der Waals surface area (Å²) >= 11 is 0. The van der Waals surface area contributed by atoms with Crippen LogP contribution in [0, 0.1) is 0 Å². The zero-order chi connectivity index (χ0) is 64.9. The standard InChI is InChI=1S/C79H151N2O7P/c1-7-10-13-16-19-22-25-28-30-32-34-36-38-39-40-41-43-45-47-49-51-54-57-60-63-66-69-72-79(83)88-77(70-67-64-61-58-55-52-27-24-21-18-15-12-9-3)76(75-87-89(84,85)86-74-73-81(4,5)6)80-78(82)71-68-65-62-59-56-53-50-48-46-44-42-37-35-33-31-29-26-23-20-17-14-11-8-2/h20,23,29,31,35,37,67,70,76-77H,7-19,21-22,24-28,30,32-34,36,38-66,68-69,71-75H2,1-6H3,(H-,80,82,84,85)/b23-20-,31-29-,37-35-,70-67+. The molecule has 0 rings (SSSR count). The summed E-state index contributed by atoms with van der Waals surface area (Å²) in [5.74, 6) is -0.524. The van der Waals surface area contributed by atoms with Gasteiger partial charge in [0.05, 0.1) is 33.8 Å². The van der Waals surface area contributed by atoms with Gasteiger partial charge in [-0.2, -0.15) is 0 Å². The molecule has 1 N–H and O–H groups in total. The molecule has 0 saturated heterocycles. The van der Waals surface area contributed by atoms with Gasteiger partial charge in [0.1, 0.15) is 19.3 Å². The van der Waals surface area contributed by atoms with E-state index >= 15 is 0 Å². The van der Waals surface area contributed by atoms with E-state index in [9.17, 15) is 19.0 Å². The van der Waals surface area contributed by atoms with Crippen molar-refractivity contribution in [3.63, 3.8) is 0 Å². The van der Waals surface area contributed by atoms with Crippen LogP contribution in [0.15, 0.2) is 48.6 Å². The van der Waals surface area contributed by atoms with Crippen molar-refractivity contribution in [2.75, 3.05) is 40.9 Å². The Balaban J connectivity index is 4.97. The minimum absolute atomic E-state index is 0.0213. The SMILES string of the molecule is CCCCC/C=C\C/C=C\C/C=C\CCCCCCCCCCCCC(=O)NC(COP(=O)([O-])OCC[N+](C)(C)C)C(/C=C/CCCCCCCCCCCCC)OC(=O)CCCCCCCCCCCCCCCCCCCCCCCCCCCCC. The third kappa shape index (κ3) is 70.1. The maximum atomic E-state index is 13.6. The number of carbonyl (C=O) groups excluding carboxylic acids is 2. The molecule has 3 unspecified atom stereocenters. The lowest BCUT2D eigenvalue weighted by Crippen LogP contribution is -2.47. The molecule has 89 heavy (non-hydrogen) atoms. The van der Waals surface area contributed by atoms with Gasteiger partial charge < -0.3 is 28.5 Å². The molecule has 0 aliphatic heterocycles. The molecule has 0 bridgehead atoms. The minimum atomic E-state index is -4.71. The van der Waals surface area contributed by atoms with Crippen molar-refractivity contribution in [3.05, 3.63) is 48.6 Å². The molecule has 0 aromatic rings. The van der Waals surface area contributed by atoms with E-state index in [0.717, 1.165) is 77.0 Å². The number of allylic oxidation sites excluding steroid dienone is 7. The molecule has 0 fully saturated rings. The van der Waals surface area contributed by atoms with Gasteiger partial charge in [0, 0.05) is 12.8 Å². The van der Waals surface area contributed by atoms with E-state index in [2.05, 4.69) is 62.5 Å². The Labute approximate surface area is 554 Å². The van der Waals surface area contributed by atoms with Crippen LogP contribution in [0.2, 0.25) is 0 Å². The number of esters is 1. The fourth-order valence-electron chi connectivity index (χ4n) is 11.8. The normalized spacial score (nSPS) is 13.7. The average Bonchev–Trinajstić information content (AvgIpc) is 3.64. The first-order valence-electron chi connectivity index (χ1n) is 38.9. The first-order chi connectivity index (χ1) is 43.4. The highest BCUT2D eigenvalue weighted by Crippen LogP contribution is 2.38. The lowest BCUT2D eigenvalue weighted by molar-refractivity contribution is -0.870. The highest BCUT2D eigenvalue weighted by molar-refractivity contribution is 7.45. The third-order valence-corrected chi connectivity index (χ3v) is 18.7. The third-order valence-electron chi connectivity index (χ3n) is 17.8. The Kier molecular flexibility index (Phi) is 67.2. The number of hydrogen-bond donors (Lipinski definition) is 1. The van der Waals surface area contributed by atoms with E-state index < -0.39 is 20.0 Å². The molecule has 1 amide bonds. The van der Waals surface area contributed by atoms with Crippen LogP contribution in [0.5, 0.6) is 0 Å². The van der Waals surface area contributed by atoms with E-state index in [1.165, 1.54) is 283 Å². The van der Waals surface area contributed by atoms with Crippen molar-refractivity contribution in [1.29, 1.82) is 0 Å². The summed E-state index contributed by atoms with van der Waals surface area (Å²) in [5, 5.41) is 3.05. The summed E-state index contributed by atoms with van der Waals surface area (Å²) in [5.41, 5.74) is 0. The van der Waals surface area contributed by atoms with E-state index in [4.69, 9.17) is 13.8 Å². The molecule has 0 aliphatic rings. The van der Waals surface area contributed by atoms with Crippen LogP contribution in [0.25, 0.3) is 0 Å². The molecule has 0 aromatic heterocycles. The number of nitrogens with zero attached hydrogens (tertiary/aromatic N) is 1. The number of amides is 1. The Morgan fingerprint density at radius 2 is 0.685 bits per heavy atom. The van der Waals surface area contributed by atoms with Crippen LogP contribution in [0.3, 0.4) is 0 Å². The van der Waals surface area contributed by atoms with Crippen molar-refractivity contribution in [2.45, 2.75) is 405 Å². The predicted octanol–water partition coefficient (Wildman–Crippen LogP) is 24.5. The summed E-state index contributed by atoms with van der Waals surface area (Å²) < 4.78 is 30.5. The second-order valence-electron chi connectivity index (χ2n) is 27.9. The van der Waals surface area contributed by atoms with E-state index in [0.29, 0.717) is 17.4 Å². The second kappa shape index (κ2) is 68.8. The quantitative estimate of drug-likeness (QED) is 0.0212.